The van der Waals surface area contributed by atoms with Gasteiger partial charge in [0, 0.05) is 17.1 Å². The van der Waals surface area contributed by atoms with Crippen LogP contribution < -0.4 is 4.72 Å². The van der Waals surface area contributed by atoms with E-state index in [9.17, 15) is 26.0 Å². The highest BCUT2D eigenvalue weighted by molar-refractivity contribution is 7.89. The molecule has 2 aromatic carbocycles. The molecule has 0 unspecified atom stereocenters. The van der Waals surface area contributed by atoms with Crippen LogP contribution in [-0.4, -0.2) is 8.42 Å². The number of rotatable bonds is 4. The molecule has 0 atom stereocenters. The second kappa shape index (κ2) is 6.46. The van der Waals surface area contributed by atoms with E-state index in [2.05, 4.69) is 4.72 Å². The van der Waals surface area contributed by atoms with E-state index in [-0.39, 0.29) is 10.5 Å². The second-order valence-corrected chi connectivity index (χ2v) is 6.79. The van der Waals surface area contributed by atoms with E-state index in [1.807, 2.05) is 0 Å². The minimum Gasteiger partial charge on any atom is -0.207 e. The summed E-state index contributed by atoms with van der Waals surface area (Å²) in [5.41, 5.74) is -1.34. The predicted octanol–water partition coefficient (Wildman–Crippen LogP) is 3.98. The molecule has 2 aromatic rings. The van der Waals surface area contributed by atoms with Gasteiger partial charge in [0.25, 0.3) is 0 Å². The Morgan fingerprint density at radius 2 is 1.65 bits per heavy atom. The third kappa shape index (κ3) is 4.43. The van der Waals surface area contributed by atoms with Crippen LogP contribution in [0.2, 0.25) is 5.02 Å². The summed E-state index contributed by atoms with van der Waals surface area (Å²) in [6, 6.07) is 7.16. The third-order valence-corrected chi connectivity index (χ3v) is 4.63. The van der Waals surface area contributed by atoms with Crippen molar-refractivity contribution in [3.05, 3.63) is 64.4 Å². The number of sulfonamides is 1. The van der Waals surface area contributed by atoms with Crippen molar-refractivity contribution < 1.29 is 26.0 Å². The monoisotopic (exact) mass is 367 g/mol. The fourth-order valence-corrected chi connectivity index (χ4v) is 2.87. The first kappa shape index (κ1) is 17.7. The third-order valence-electron chi connectivity index (χ3n) is 2.96. The van der Waals surface area contributed by atoms with Crippen molar-refractivity contribution in [3.63, 3.8) is 0 Å². The normalized spacial score (nSPS) is 12.4. The van der Waals surface area contributed by atoms with Gasteiger partial charge in [-0.05, 0) is 36.4 Å². The van der Waals surface area contributed by atoms with Crippen molar-refractivity contribution in [1.82, 2.24) is 4.72 Å². The van der Waals surface area contributed by atoms with Gasteiger partial charge >= 0.3 is 6.18 Å². The molecule has 0 heterocycles. The van der Waals surface area contributed by atoms with Gasteiger partial charge in [-0.25, -0.2) is 17.5 Å². The zero-order valence-corrected chi connectivity index (χ0v) is 12.9. The zero-order chi connectivity index (χ0) is 17.3. The number of nitrogens with one attached hydrogen (secondary N) is 1. The summed E-state index contributed by atoms with van der Waals surface area (Å²) in [6.45, 7) is -0.477. The van der Waals surface area contributed by atoms with Gasteiger partial charge in [-0.2, -0.15) is 13.2 Å². The summed E-state index contributed by atoms with van der Waals surface area (Å²) in [6.07, 6.45) is -4.66. The topological polar surface area (TPSA) is 46.2 Å². The highest BCUT2D eigenvalue weighted by Gasteiger charge is 2.31. The molecular weight excluding hydrogens is 358 g/mol. The highest BCUT2D eigenvalue weighted by Crippen LogP contribution is 2.30. The molecule has 0 aliphatic rings. The summed E-state index contributed by atoms with van der Waals surface area (Å²) in [5.74, 6) is -1.14. The molecule has 1 N–H and O–H groups in total. The average Bonchev–Trinajstić information content (AvgIpc) is 2.45. The summed E-state index contributed by atoms with van der Waals surface area (Å²) in [4.78, 5) is -0.0887. The molecule has 0 aromatic heterocycles. The summed E-state index contributed by atoms with van der Waals surface area (Å²) in [7, 11) is -3.93. The molecule has 0 aliphatic carbocycles. The van der Waals surface area contributed by atoms with E-state index in [0.717, 1.165) is 6.07 Å². The van der Waals surface area contributed by atoms with E-state index >= 15 is 0 Å². The smallest absolute Gasteiger partial charge is 0.207 e. The largest absolute Gasteiger partial charge is 0.416 e. The Morgan fingerprint density at radius 1 is 1.04 bits per heavy atom. The van der Waals surface area contributed by atoms with Gasteiger partial charge in [0.2, 0.25) is 10.0 Å². The van der Waals surface area contributed by atoms with Crippen molar-refractivity contribution in [3.8, 4) is 0 Å². The zero-order valence-electron chi connectivity index (χ0n) is 11.4. The van der Waals surface area contributed by atoms with Crippen molar-refractivity contribution >= 4 is 21.6 Å². The molecule has 23 heavy (non-hydrogen) atoms. The Bertz CT molecular complexity index is 805. The molecule has 0 bridgehead atoms. The Labute approximate surface area is 134 Å². The molecule has 0 saturated heterocycles. The van der Waals surface area contributed by atoms with Gasteiger partial charge in [0.05, 0.1) is 10.5 Å². The van der Waals surface area contributed by atoms with Crippen LogP contribution in [0.3, 0.4) is 0 Å². The van der Waals surface area contributed by atoms with Gasteiger partial charge in [-0.15, -0.1) is 0 Å². The summed E-state index contributed by atoms with van der Waals surface area (Å²) < 4.78 is 77.1. The molecule has 0 aliphatic heterocycles. The van der Waals surface area contributed by atoms with Crippen LogP contribution in [0.1, 0.15) is 11.1 Å². The minimum absolute atomic E-state index is 0.0887. The van der Waals surface area contributed by atoms with Gasteiger partial charge in [-0.1, -0.05) is 17.7 Å². The van der Waals surface area contributed by atoms with Gasteiger partial charge < -0.3 is 0 Å². The minimum atomic E-state index is -4.66. The lowest BCUT2D eigenvalue weighted by Crippen LogP contribution is -2.23. The van der Waals surface area contributed by atoms with E-state index in [1.54, 1.807) is 0 Å². The lowest BCUT2D eigenvalue weighted by Gasteiger charge is -2.10. The molecule has 0 saturated carbocycles. The quantitative estimate of drug-likeness (QED) is 0.831. The van der Waals surface area contributed by atoms with Gasteiger partial charge in [0.1, 0.15) is 5.82 Å². The standard InChI is InChI=1S/C14H10ClF4NO2S/c15-11-3-5-12(6-4-11)23(21,22)20-8-9-1-2-10(7-13(9)16)14(17,18)19/h1-7,20H,8H2. The highest BCUT2D eigenvalue weighted by atomic mass is 35.5. The molecule has 3 nitrogen and oxygen atoms in total. The van der Waals surface area contributed by atoms with Crippen LogP contribution in [0.15, 0.2) is 47.4 Å². The first-order chi connectivity index (χ1) is 10.6. The maximum Gasteiger partial charge on any atom is 0.416 e. The van der Waals surface area contributed by atoms with Crippen LogP contribution in [0.5, 0.6) is 0 Å². The molecule has 0 spiro atoms. The number of hydrogen-bond acceptors (Lipinski definition) is 2. The first-order valence-corrected chi connectivity index (χ1v) is 8.06. The molecule has 124 valence electrons. The van der Waals surface area contributed by atoms with Crippen LogP contribution in [0.4, 0.5) is 17.6 Å². The maximum absolute atomic E-state index is 13.7. The molecule has 0 fully saturated rings. The van der Waals surface area contributed by atoms with Crippen LogP contribution in [0, 0.1) is 5.82 Å². The van der Waals surface area contributed by atoms with Crippen molar-refractivity contribution in [2.24, 2.45) is 0 Å². The number of alkyl halides is 3. The number of hydrogen-bond donors (Lipinski definition) is 1. The van der Waals surface area contributed by atoms with E-state index in [4.69, 9.17) is 11.6 Å². The Kier molecular flexibility index (Phi) is 4.98. The van der Waals surface area contributed by atoms with E-state index in [0.29, 0.717) is 17.2 Å². The lowest BCUT2D eigenvalue weighted by atomic mass is 10.1. The first-order valence-electron chi connectivity index (χ1n) is 6.20. The molecule has 9 heteroatoms. The van der Waals surface area contributed by atoms with E-state index in [1.165, 1.54) is 24.3 Å². The van der Waals surface area contributed by atoms with Crippen LogP contribution >= 0.6 is 11.6 Å². The Morgan fingerprint density at radius 3 is 2.17 bits per heavy atom. The predicted molar refractivity (Wildman–Crippen MR) is 76.9 cm³/mol. The van der Waals surface area contributed by atoms with Crippen molar-refractivity contribution in [1.29, 1.82) is 0 Å². The Balaban J connectivity index is 2.16. The fourth-order valence-electron chi connectivity index (χ4n) is 1.74. The van der Waals surface area contributed by atoms with Gasteiger partial charge in [-0.3, -0.25) is 0 Å². The van der Waals surface area contributed by atoms with Crippen molar-refractivity contribution in [2.75, 3.05) is 0 Å². The summed E-state index contributed by atoms with van der Waals surface area (Å²) in [5, 5.41) is 0.345. The van der Waals surface area contributed by atoms with Crippen LogP contribution in [0.25, 0.3) is 0 Å². The fraction of sp³-hybridized carbons (Fsp3) is 0.143. The second-order valence-electron chi connectivity index (χ2n) is 4.58. The average molecular weight is 368 g/mol. The van der Waals surface area contributed by atoms with E-state index < -0.39 is 34.1 Å². The SMILES string of the molecule is O=S(=O)(NCc1ccc(C(F)(F)F)cc1F)c1ccc(Cl)cc1. The number of benzene rings is 2. The van der Waals surface area contributed by atoms with Crippen LogP contribution in [-0.2, 0) is 22.7 Å². The molecule has 0 radical (unpaired) electrons. The number of halogens is 5. The molecular formula is C14H10ClF4NO2S. The molecule has 0 amide bonds. The maximum atomic E-state index is 13.7. The van der Waals surface area contributed by atoms with Gasteiger partial charge in [0.15, 0.2) is 0 Å². The van der Waals surface area contributed by atoms with Crippen molar-refractivity contribution in [2.45, 2.75) is 17.6 Å². The Hall–Kier alpha value is -1.64. The lowest BCUT2D eigenvalue weighted by molar-refractivity contribution is -0.137. The summed E-state index contributed by atoms with van der Waals surface area (Å²) >= 11 is 5.65. The molecule has 2 rings (SSSR count).